The van der Waals surface area contributed by atoms with E-state index in [-0.39, 0.29) is 0 Å². The first kappa shape index (κ1) is 13.6. The van der Waals surface area contributed by atoms with Crippen LogP contribution in [0.3, 0.4) is 0 Å². The van der Waals surface area contributed by atoms with Crippen molar-refractivity contribution in [3.8, 4) is 0 Å². The highest BCUT2D eigenvalue weighted by molar-refractivity contribution is 6.33. The average molecular weight is 284 g/mol. The molecule has 5 heteroatoms. The zero-order valence-corrected chi connectivity index (χ0v) is 10.4. The summed E-state index contributed by atoms with van der Waals surface area (Å²) in [4.78, 5) is 4.13. The lowest BCUT2D eigenvalue weighted by molar-refractivity contribution is -0.137. The van der Waals surface area contributed by atoms with Gasteiger partial charge in [0.2, 0.25) is 0 Å². The second-order valence-corrected chi connectivity index (χ2v) is 4.24. The quantitative estimate of drug-likeness (QED) is 0.679. The van der Waals surface area contributed by atoms with E-state index in [2.05, 4.69) is 4.99 Å². The van der Waals surface area contributed by atoms with E-state index in [0.29, 0.717) is 16.3 Å². The lowest BCUT2D eigenvalue weighted by Gasteiger charge is -2.05. The minimum absolute atomic E-state index is 0.491. The molecule has 0 aliphatic carbocycles. The Labute approximate surface area is 113 Å². The summed E-state index contributed by atoms with van der Waals surface area (Å²) in [6, 6.07) is 11.8. The highest BCUT2D eigenvalue weighted by atomic mass is 35.5. The molecule has 2 rings (SSSR count). The summed E-state index contributed by atoms with van der Waals surface area (Å²) in [5, 5.41) is 0.491. The normalized spacial score (nSPS) is 12.0. The van der Waals surface area contributed by atoms with E-state index in [1.807, 2.05) is 0 Å². The first-order valence-corrected chi connectivity index (χ1v) is 5.80. The zero-order valence-electron chi connectivity index (χ0n) is 9.66. The number of para-hydroxylation sites is 1. The Kier molecular flexibility index (Phi) is 3.90. The van der Waals surface area contributed by atoms with Gasteiger partial charge in [-0.3, -0.25) is 4.99 Å². The number of halogens is 4. The summed E-state index contributed by atoms with van der Waals surface area (Å²) in [5.74, 6) is 0. The number of benzene rings is 2. The molecule has 0 spiro atoms. The molecule has 0 atom stereocenters. The van der Waals surface area contributed by atoms with Crippen LogP contribution in [0.1, 0.15) is 11.1 Å². The van der Waals surface area contributed by atoms with Gasteiger partial charge >= 0.3 is 6.18 Å². The van der Waals surface area contributed by atoms with Crippen molar-refractivity contribution in [2.24, 2.45) is 4.99 Å². The number of aliphatic imine (C=N–C) groups is 1. The van der Waals surface area contributed by atoms with Gasteiger partial charge in [-0.05, 0) is 29.8 Å². The molecule has 0 fully saturated rings. The van der Waals surface area contributed by atoms with E-state index < -0.39 is 11.7 Å². The van der Waals surface area contributed by atoms with E-state index in [9.17, 15) is 13.2 Å². The van der Waals surface area contributed by atoms with Gasteiger partial charge in [0.15, 0.2) is 0 Å². The van der Waals surface area contributed by atoms with E-state index in [1.165, 1.54) is 18.3 Å². The number of nitrogens with zero attached hydrogens (tertiary/aromatic N) is 1. The van der Waals surface area contributed by atoms with Gasteiger partial charge in [0.05, 0.1) is 16.3 Å². The van der Waals surface area contributed by atoms with Crippen LogP contribution >= 0.6 is 11.6 Å². The fourth-order valence-corrected chi connectivity index (χ4v) is 1.64. The van der Waals surface area contributed by atoms with Crippen molar-refractivity contribution >= 4 is 23.5 Å². The molecule has 19 heavy (non-hydrogen) atoms. The molecule has 2 aromatic rings. The highest BCUT2D eigenvalue weighted by Gasteiger charge is 2.29. The molecule has 0 bridgehead atoms. The molecular formula is C14H9ClF3N. The van der Waals surface area contributed by atoms with Crippen LogP contribution in [-0.2, 0) is 6.18 Å². The van der Waals surface area contributed by atoms with Crippen molar-refractivity contribution in [3.63, 3.8) is 0 Å². The largest absolute Gasteiger partial charge is 0.416 e. The van der Waals surface area contributed by atoms with E-state index in [0.717, 1.165) is 12.1 Å². The van der Waals surface area contributed by atoms with Crippen LogP contribution in [0.5, 0.6) is 0 Å². The molecule has 0 aliphatic rings. The molecule has 2 aromatic carbocycles. The van der Waals surface area contributed by atoms with Crippen LogP contribution in [0.4, 0.5) is 18.9 Å². The van der Waals surface area contributed by atoms with Crippen molar-refractivity contribution in [1.82, 2.24) is 0 Å². The fraction of sp³-hybridized carbons (Fsp3) is 0.0714. The Morgan fingerprint density at radius 3 is 2.16 bits per heavy atom. The summed E-state index contributed by atoms with van der Waals surface area (Å²) in [5.41, 5.74) is 0.472. The Morgan fingerprint density at radius 1 is 0.947 bits per heavy atom. The predicted molar refractivity (Wildman–Crippen MR) is 70.2 cm³/mol. The minimum atomic E-state index is -4.32. The van der Waals surface area contributed by atoms with Gasteiger partial charge in [-0.1, -0.05) is 35.9 Å². The van der Waals surface area contributed by atoms with Crippen LogP contribution in [0.2, 0.25) is 5.02 Å². The molecule has 0 N–H and O–H groups in total. The SMILES string of the molecule is FC(F)(F)c1ccc(C=Nc2ccccc2Cl)cc1. The molecule has 0 unspecified atom stereocenters. The molecule has 0 saturated heterocycles. The molecule has 0 aromatic heterocycles. The van der Waals surface area contributed by atoms with Crippen LogP contribution < -0.4 is 0 Å². The monoisotopic (exact) mass is 283 g/mol. The average Bonchev–Trinajstić information content (AvgIpc) is 2.37. The molecule has 0 amide bonds. The zero-order chi connectivity index (χ0) is 13.9. The number of hydrogen-bond acceptors (Lipinski definition) is 1. The van der Waals surface area contributed by atoms with E-state index in [1.54, 1.807) is 24.3 Å². The third-order valence-electron chi connectivity index (χ3n) is 2.44. The van der Waals surface area contributed by atoms with Gasteiger partial charge in [-0.25, -0.2) is 0 Å². The summed E-state index contributed by atoms with van der Waals surface area (Å²) in [6.07, 6.45) is -2.85. The third-order valence-corrected chi connectivity index (χ3v) is 2.76. The molecule has 0 radical (unpaired) electrons. The molecular weight excluding hydrogens is 275 g/mol. The maximum Gasteiger partial charge on any atom is 0.416 e. The predicted octanol–water partition coefficient (Wildman–Crippen LogP) is 5.11. The van der Waals surface area contributed by atoms with Gasteiger partial charge < -0.3 is 0 Å². The maximum absolute atomic E-state index is 12.4. The Morgan fingerprint density at radius 2 is 1.58 bits per heavy atom. The van der Waals surface area contributed by atoms with Crippen molar-refractivity contribution < 1.29 is 13.2 Å². The van der Waals surface area contributed by atoms with Crippen molar-refractivity contribution in [2.45, 2.75) is 6.18 Å². The van der Waals surface area contributed by atoms with Gasteiger partial charge in [0.1, 0.15) is 0 Å². The third kappa shape index (κ3) is 3.58. The molecule has 0 aliphatic heterocycles. The smallest absolute Gasteiger partial charge is 0.255 e. The Balaban J connectivity index is 2.19. The van der Waals surface area contributed by atoms with Crippen LogP contribution in [-0.4, -0.2) is 6.21 Å². The molecule has 0 heterocycles. The summed E-state index contributed by atoms with van der Waals surface area (Å²) < 4.78 is 37.1. The Hall–Kier alpha value is -1.81. The van der Waals surface area contributed by atoms with Crippen molar-refractivity contribution in [3.05, 3.63) is 64.7 Å². The summed E-state index contributed by atoms with van der Waals surface area (Å²) in [7, 11) is 0. The first-order chi connectivity index (χ1) is 8.97. The minimum Gasteiger partial charge on any atom is -0.255 e. The number of hydrogen-bond donors (Lipinski definition) is 0. The van der Waals surface area contributed by atoms with Crippen LogP contribution in [0, 0.1) is 0 Å². The van der Waals surface area contributed by atoms with Gasteiger partial charge in [0.25, 0.3) is 0 Å². The second kappa shape index (κ2) is 5.45. The summed E-state index contributed by atoms with van der Waals surface area (Å²) in [6.45, 7) is 0. The molecule has 98 valence electrons. The van der Waals surface area contributed by atoms with E-state index >= 15 is 0 Å². The molecule has 0 saturated carbocycles. The number of rotatable bonds is 2. The topological polar surface area (TPSA) is 12.4 Å². The lowest BCUT2D eigenvalue weighted by atomic mass is 10.1. The van der Waals surface area contributed by atoms with E-state index in [4.69, 9.17) is 11.6 Å². The number of alkyl halides is 3. The van der Waals surface area contributed by atoms with Crippen molar-refractivity contribution in [1.29, 1.82) is 0 Å². The second-order valence-electron chi connectivity index (χ2n) is 3.83. The van der Waals surface area contributed by atoms with Crippen LogP contribution in [0.25, 0.3) is 0 Å². The van der Waals surface area contributed by atoms with Gasteiger partial charge in [-0.15, -0.1) is 0 Å². The fourth-order valence-electron chi connectivity index (χ4n) is 1.46. The molecule has 1 nitrogen and oxygen atoms in total. The van der Waals surface area contributed by atoms with Gasteiger partial charge in [0, 0.05) is 6.21 Å². The Bertz CT molecular complexity index is 588. The summed E-state index contributed by atoms with van der Waals surface area (Å²) >= 11 is 5.91. The lowest BCUT2D eigenvalue weighted by Crippen LogP contribution is -2.04. The van der Waals surface area contributed by atoms with Crippen LogP contribution in [0.15, 0.2) is 53.5 Å². The maximum atomic E-state index is 12.4. The highest BCUT2D eigenvalue weighted by Crippen LogP contribution is 2.29. The standard InChI is InChI=1S/C14H9ClF3N/c15-12-3-1-2-4-13(12)19-9-10-5-7-11(8-6-10)14(16,17)18/h1-9H. The van der Waals surface area contributed by atoms with Crippen molar-refractivity contribution in [2.75, 3.05) is 0 Å². The first-order valence-electron chi connectivity index (χ1n) is 5.43. The van der Waals surface area contributed by atoms with Gasteiger partial charge in [-0.2, -0.15) is 13.2 Å².